The summed E-state index contributed by atoms with van der Waals surface area (Å²) >= 11 is 0. The molecule has 0 fully saturated rings. The van der Waals surface area contributed by atoms with E-state index in [0.717, 1.165) is 42.5 Å². The monoisotopic (exact) mass is 646 g/mol. The van der Waals surface area contributed by atoms with Gasteiger partial charge in [-0.25, -0.2) is 9.59 Å². The Morgan fingerprint density at radius 3 is 1.40 bits per heavy atom. The molecule has 0 heterocycles. The molecule has 4 rings (SSSR count). The van der Waals surface area contributed by atoms with Crippen molar-refractivity contribution in [3.05, 3.63) is 159 Å². The number of rotatable bonds is 12. The van der Waals surface area contributed by atoms with Gasteiger partial charge in [0.05, 0.1) is 30.8 Å². The van der Waals surface area contributed by atoms with Crippen LogP contribution in [-0.4, -0.2) is 31.6 Å². The molecule has 0 atom stereocenters. The first-order valence-corrected chi connectivity index (χ1v) is 13.2. The van der Waals surface area contributed by atoms with Crippen LogP contribution in [0, 0.1) is 40.5 Å². The highest BCUT2D eigenvalue weighted by Gasteiger charge is 2.35. The summed E-state index contributed by atoms with van der Waals surface area (Å²) < 4.78 is 10.5. The summed E-state index contributed by atoms with van der Waals surface area (Å²) in [6, 6.07) is 17.5. The van der Waals surface area contributed by atoms with Crippen LogP contribution < -0.4 is 11.5 Å². The second-order valence-electron chi connectivity index (χ2n) is 9.69. The van der Waals surface area contributed by atoms with Crippen molar-refractivity contribution in [2.24, 2.45) is 11.5 Å². The molecule has 18 nitrogen and oxygen atoms in total. The van der Waals surface area contributed by atoms with Gasteiger partial charge in [-0.05, 0) is 23.8 Å². The lowest BCUT2D eigenvalue weighted by Gasteiger charge is -2.28. The lowest BCUT2D eigenvalue weighted by atomic mass is 9.87. The van der Waals surface area contributed by atoms with Crippen LogP contribution in [-0.2, 0) is 28.4 Å². The van der Waals surface area contributed by atoms with Gasteiger partial charge in [0.2, 0.25) is 0 Å². The molecule has 4 N–H and O–H groups in total. The van der Waals surface area contributed by atoms with Gasteiger partial charge in [-0.15, -0.1) is 0 Å². The topological polar surface area (TPSA) is 277 Å². The average molecular weight is 647 g/mol. The molecular weight excluding hydrogens is 624 g/mol. The number of nitrogens with zero attached hydrogens (tertiary/aromatic N) is 4. The fourth-order valence-electron chi connectivity index (χ4n) is 4.69. The number of esters is 2. The van der Waals surface area contributed by atoms with E-state index in [9.17, 15) is 50.0 Å². The molecule has 240 valence electrons. The zero-order valence-electron chi connectivity index (χ0n) is 23.8. The van der Waals surface area contributed by atoms with Crippen LogP contribution in [0.2, 0.25) is 0 Å². The van der Waals surface area contributed by atoms with Gasteiger partial charge >= 0.3 is 11.9 Å². The molecule has 0 aliphatic carbocycles. The predicted molar refractivity (Wildman–Crippen MR) is 160 cm³/mol. The lowest BCUT2D eigenvalue weighted by molar-refractivity contribution is -0.396. The van der Waals surface area contributed by atoms with Crippen molar-refractivity contribution in [1.29, 1.82) is 0 Å². The van der Waals surface area contributed by atoms with E-state index in [-0.39, 0.29) is 11.1 Å². The zero-order valence-corrected chi connectivity index (χ0v) is 23.8. The van der Waals surface area contributed by atoms with Gasteiger partial charge in [-0.1, -0.05) is 42.5 Å². The third-order valence-corrected chi connectivity index (χ3v) is 6.92. The van der Waals surface area contributed by atoms with Crippen LogP contribution in [0.15, 0.2) is 84.9 Å². The maximum Gasteiger partial charge on any atom is 0.339 e. The van der Waals surface area contributed by atoms with Crippen LogP contribution in [0.3, 0.4) is 0 Å². The molecule has 47 heavy (non-hydrogen) atoms. The minimum Gasteiger partial charge on any atom is -0.457 e. The van der Waals surface area contributed by atoms with Gasteiger partial charge in [0.15, 0.2) is 0 Å². The minimum atomic E-state index is -1.99. The zero-order chi connectivity index (χ0) is 34.5. The number of hydrogen-bond donors (Lipinski definition) is 2. The van der Waals surface area contributed by atoms with Crippen molar-refractivity contribution in [1.82, 2.24) is 0 Å². The molecule has 0 unspecified atom stereocenters. The van der Waals surface area contributed by atoms with E-state index < -0.39 is 95.5 Å². The van der Waals surface area contributed by atoms with E-state index in [1.807, 2.05) is 0 Å². The van der Waals surface area contributed by atoms with Crippen LogP contribution >= 0.6 is 0 Å². The molecule has 0 aliphatic rings. The third-order valence-electron chi connectivity index (χ3n) is 6.92. The SMILES string of the molecule is NC(N)(c1ccccc1)c1cccc(C(=O)OCc2c([N+](=O)[O-])cccc2[N+](=O)[O-])c1C(=O)OCc1c([N+](=O)[O-])cccc1[N+](=O)[O-]. The molecule has 0 saturated carbocycles. The standard InChI is InChI=1S/C29H22N6O12/c30-29(31,17-7-2-1-3-8-17)21-10-4-9-18(27(36)46-15-19-22(32(38)39)11-5-12-23(19)33(40)41)26(21)28(37)47-16-20-24(34(42)43)13-6-14-25(20)35(44)45/h1-14H,15-16,30-31H2. The molecule has 4 aromatic rings. The molecule has 0 aromatic heterocycles. The number of nitrogens with two attached hydrogens (primary N) is 2. The first kappa shape index (κ1) is 33.2. The van der Waals surface area contributed by atoms with Gasteiger partial charge in [-0.3, -0.25) is 40.5 Å². The Morgan fingerprint density at radius 2 is 0.979 bits per heavy atom. The van der Waals surface area contributed by atoms with Gasteiger partial charge in [0, 0.05) is 29.8 Å². The van der Waals surface area contributed by atoms with E-state index in [4.69, 9.17) is 20.9 Å². The summed E-state index contributed by atoms with van der Waals surface area (Å²) in [6.45, 7) is -1.96. The van der Waals surface area contributed by atoms with Crippen LogP contribution in [0.5, 0.6) is 0 Å². The number of ether oxygens (including phenoxy) is 2. The Hall–Kier alpha value is -6.66. The van der Waals surface area contributed by atoms with Crippen molar-refractivity contribution >= 4 is 34.7 Å². The summed E-state index contributed by atoms with van der Waals surface area (Å²) in [6.07, 6.45) is 0. The van der Waals surface area contributed by atoms with E-state index >= 15 is 0 Å². The maximum absolute atomic E-state index is 13.7. The fourth-order valence-corrected chi connectivity index (χ4v) is 4.69. The normalized spacial score (nSPS) is 10.9. The molecular formula is C29H22N6O12. The number of nitro benzene ring substituents is 4. The number of carbonyl (C=O) groups excluding carboxylic acids is 2. The highest BCUT2D eigenvalue weighted by molar-refractivity contribution is 6.04. The molecule has 0 bridgehead atoms. The maximum atomic E-state index is 13.7. The highest BCUT2D eigenvalue weighted by atomic mass is 16.6. The lowest BCUT2D eigenvalue weighted by Crippen LogP contribution is -2.48. The Kier molecular flexibility index (Phi) is 9.58. The number of carbonyl (C=O) groups is 2. The summed E-state index contributed by atoms with van der Waals surface area (Å²) in [7, 11) is 0. The van der Waals surface area contributed by atoms with E-state index in [1.165, 1.54) is 24.3 Å². The Labute approximate surface area is 262 Å². The van der Waals surface area contributed by atoms with Crippen molar-refractivity contribution in [3.8, 4) is 0 Å². The molecule has 0 saturated heterocycles. The predicted octanol–water partition coefficient (Wildman–Crippen LogP) is 4.15. The van der Waals surface area contributed by atoms with E-state index in [1.54, 1.807) is 18.2 Å². The second kappa shape index (κ2) is 13.5. The quantitative estimate of drug-likeness (QED) is 0.0946. The first-order chi connectivity index (χ1) is 22.2. The minimum absolute atomic E-state index is 0.211. The number of hydrogen-bond acceptors (Lipinski definition) is 14. The Balaban J connectivity index is 1.80. The first-order valence-electron chi connectivity index (χ1n) is 13.2. The van der Waals surface area contributed by atoms with Crippen molar-refractivity contribution < 1.29 is 38.8 Å². The smallest absolute Gasteiger partial charge is 0.339 e. The summed E-state index contributed by atoms with van der Waals surface area (Å²) in [5.74, 6) is -2.67. The molecule has 0 aliphatic heterocycles. The number of benzene rings is 4. The molecule has 4 aromatic carbocycles. The largest absolute Gasteiger partial charge is 0.457 e. The second-order valence-corrected chi connectivity index (χ2v) is 9.69. The molecule has 18 heteroatoms. The van der Waals surface area contributed by atoms with E-state index in [0.29, 0.717) is 0 Å². The third kappa shape index (κ3) is 6.87. The van der Waals surface area contributed by atoms with Crippen molar-refractivity contribution in [3.63, 3.8) is 0 Å². The van der Waals surface area contributed by atoms with Gasteiger partial charge in [-0.2, -0.15) is 0 Å². The van der Waals surface area contributed by atoms with Crippen molar-refractivity contribution in [2.45, 2.75) is 18.9 Å². The highest BCUT2D eigenvalue weighted by Crippen LogP contribution is 2.33. The Bertz CT molecular complexity index is 1870. The fraction of sp³-hybridized carbons (Fsp3) is 0.103. The van der Waals surface area contributed by atoms with Crippen LogP contribution in [0.4, 0.5) is 22.7 Å². The number of nitro groups is 4. The van der Waals surface area contributed by atoms with Crippen LogP contribution in [0.25, 0.3) is 0 Å². The van der Waals surface area contributed by atoms with Crippen molar-refractivity contribution in [2.75, 3.05) is 0 Å². The summed E-state index contributed by atoms with van der Waals surface area (Å²) in [5.41, 5.74) is 5.85. The molecule has 0 amide bonds. The summed E-state index contributed by atoms with van der Waals surface area (Å²) in [4.78, 5) is 69.8. The van der Waals surface area contributed by atoms with E-state index in [2.05, 4.69) is 0 Å². The van der Waals surface area contributed by atoms with Crippen LogP contribution in [0.1, 0.15) is 43.0 Å². The molecule has 0 spiro atoms. The van der Waals surface area contributed by atoms with Gasteiger partial charge < -0.3 is 20.9 Å². The Morgan fingerprint density at radius 1 is 0.574 bits per heavy atom. The van der Waals surface area contributed by atoms with Gasteiger partial charge in [0.25, 0.3) is 22.7 Å². The molecule has 0 radical (unpaired) electrons. The summed E-state index contributed by atoms with van der Waals surface area (Å²) in [5, 5.41) is 46.2. The van der Waals surface area contributed by atoms with Gasteiger partial charge in [0.1, 0.15) is 30.0 Å². The average Bonchev–Trinajstić information content (AvgIpc) is 3.05.